The van der Waals surface area contributed by atoms with Crippen LogP contribution >= 0.6 is 0 Å². The van der Waals surface area contributed by atoms with Crippen LogP contribution in [0.2, 0.25) is 0 Å². The lowest BCUT2D eigenvalue weighted by Gasteiger charge is -2.11. The highest BCUT2D eigenvalue weighted by atomic mass is 19.1. The molecule has 0 aliphatic rings. The third-order valence-electron chi connectivity index (χ3n) is 3.36. The first kappa shape index (κ1) is 16.0. The molecule has 120 valence electrons. The molecular formula is C20H11FN2O2. The third kappa shape index (κ3) is 3.57. The van der Waals surface area contributed by atoms with Crippen LogP contribution in [0.5, 0.6) is 23.0 Å². The van der Waals surface area contributed by atoms with Gasteiger partial charge in [-0.25, -0.2) is 4.39 Å². The summed E-state index contributed by atoms with van der Waals surface area (Å²) in [5.41, 5.74) is 0.336. The molecule has 3 rings (SSSR count). The number of nitrogens with zero attached hydrogens (tertiary/aromatic N) is 2. The molecule has 0 atom stereocenters. The van der Waals surface area contributed by atoms with Crippen molar-refractivity contribution in [2.45, 2.75) is 0 Å². The summed E-state index contributed by atoms with van der Waals surface area (Å²) in [6.07, 6.45) is 0. The fraction of sp³-hybridized carbons (Fsp3) is 0. The van der Waals surface area contributed by atoms with Crippen LogP contribution in [0.3, 0.4) is 0 Å². The van der Waals surface area contributed by atoms with Crippen LogP contribution in [-0.2, 0) is 0 Å². The van der Waals surface area contributed by atoms with E-state index in [1.807, 2.05) is 18.2 Å². The second kappa shape index (κ2) is 7.16. The summed E-state index contributed by atoms with van der Waals surface area (Å²) in [6, 6.07) is 21.4. The quantitative estimate of drug-likeness (QED) is 0.663. The first-order chi connectivity index (χ1) is 12.2. The van der Waals surface area contributed by atoms with Crippen LogP contribution in [0, 0.1) is 28.5 Å². The molecule has 0 aliphatic carbocycles. The SMILES string of the molecule is N#Cc1cccc(Oc2ccc(F)c(Oc3ccccc3)c2)c1C#N. The van der Waals surface area contributed by atoms with Gasteiger partial charge in [-0.3, -0.25) is 0 Å². The first-order valence-electron chi connectivity index (χ1n) is 7.35. The highest BCUT2D eigenvalue weighted by Gasteiger charge is 2.12. The third-order valence-corrected chi connectivity index (χ3v) is 3.36. The van der Waals surface area contributed by atoms with Gasteiger partial charge >= 0.3 is 0 Å². The van der Waals surface area contributed by atoms with Crippen molar-refractivity contribution < 1.29 is 13.9 Å². The topological polar surface area (TPSA) is 66.0 Å². The van der Waals surface area contributed by atoms with Crippen LogP contribution < -0.4 is 9.47 Å². The molecule has 25 heavy (non-hydrogen) atoms. The van der Waals surface area contributed by atoms with E-state index in [4.69, 9.17) is 14.7 Å². The summed E-state index contributed by atoms with van der Waals surface area (Å²) in [5.74, 6) is 0.460. The van der Waals surface area contributed by atoms with Crippen LogP contribution in [0.25, 0.3) is 0 Å². The molecule has 0 saturated heterocycles. The fourth-order valence-corrected chi connectivity index (χ4v) is 2.19. The van der Waals surface area contributed by atoms with Crippen molar-refractivity contribution in [2.75, 3.05) is 0 Å². The Morgan fingerprint density at radius 2 is 1.48 bits per heavy atom. The number of para-hydroxylation sites is 1. The smallest absolute Gasteiger partial charge is 0.166 e. The van der Waals surface area contributed by atoms with Gasteiger partial charge in [0.1, 0.15) is 35.0 Å². The molecule has 3 aromatic rings. The summed E-state index contributed by atoms with van der Waals surface area (Å²) in [6.45, 7) is 0. The Morgan fingerprint density at radius 1 is 0.720 bits per heavy atom. The van der Waals surface area contributed by atoms with E-state index in [9.17, 15) is 9.65 Å². The lowest BCUT2D eigenvalue weighted by Crippen LogP contribution is -1.93. The molecule has 0 fully saturated rings. The summed E-state index contributed by atoms with van der Waals surface area (Å²) >= 11 is 0. The molecule has 0 radical (unpaired) electrons. The minimum atomic E-state index is -0.539. The number of nitriles is 2. The van der Waals surface area contributed by atoms with Gasteiger partial charge in [0.25, 0.3) is 0 Å². The van der Waals surface area contributed by atoms with E-state index in [1.54, 1.807) is 36.4 Å². The molecule has 0 unspecified atom stereocenters. The van der Waals surface area contributed by atoms with Gasteiger partial charge < -0.3 is 9.47 Å². The summed E-state index contributed by atoms with van der Waals surface area (Å²) in [4.78, 5) is 0. The molecule has 4 nitrogen and oxygen atoms in total. The molecule has 0 amide bonds. The monoisotopic (exact) mass is 330 g/mol. The lowest BCUT2D eigenvalue weighted by atomic mass is 10.1. The van der Waals surface area contributed by atoms with E-state index < -0.39 is 5.82 Å². The van der Waals surface area contributed by atoms with Crippen molar-refractivity contribution in [3.63, 3.8) is 0 Å². The summed E-state index contributed by atoms with van der Waals surface area (Å²) < 4.78 is 25.2. The zero-order valence-electron chi connectivity index (χ0n) is 12.9. The second-order valence-electron chi connectivity index (χ2n) is 5.01. The zero-order chi connectivity index (χ0) is 17.6. The van der Waals surface area contributed by atoms with Gasteiger partial charge in [0.05, 0.1) is 5.56 Å². The molecular weight excluding hydrogens is 319 g/mol. The molecule has 0 aliphatic heterocycles. The first-order valence-corrected chi connectivity index (χ1v) is 7.35. The molecule has 0 saturated carbocycles. The van der Waals surface area contributed by atoms with Crippen LogP contribution in [0.1, 0.15) is 11.1 Å². The van der Waals surface area contributed by atoms with Gasteiger partial charge in [-0.15, -0.1) is 0 Å². The minimum Gasteiger partial charge on any atom is -0.456 e. The van der Waals surface area contributed by atoms with E-state index in [1.165, 1.54) is 24.3 Å². The van der Waals surface area contributed by atoms with Crippen LogP contribution in [-0.4, -0.2) is 0 Å². The van der Waals surface area contributed by atoms with Crippen molar-refractivity contribution >= 4 is 0 Å². The predicted octanol–water partition coefficient (Wildman–Crippen LogP) is 5.15. The average Bonchev–Trinajstić information content (AvgIpc) is 2.65. The van der Waals surface area contributed by atoms with Gasteiger partial charge in [0.15, 0.2) is 11.6 Å². The summed E-state index contributed by atoms with van der Waals surface area (Å²) in [5, 5.41) is 18.3. The van der Waals surface area contributed by atoms with Crippen molar-refractivity contribution in [1.82, 2.24) is 0 Å². The van der Waals surface area contributed by atoms with Crippen LogP contribution in [0.4, 0.5) is 4.39 Å². The lowest BCUT2D eigenvalue weighted by molar-refractivity contribution is 0.430. The van der Waals surface area contributed by atoms with Crippen molar-refractivity contribution in [2.24, 2.45) is 0 Å². The van der Waals surface area contributed by atoms with Crippen molar-refractivity contribution in [1.29, 1.82) is 10.5 Å². The van der Waals surface area contributed by atoms with E-state index in [2.05, 4.69) is 0 Å². The molecule has 5 heteroatoms. The molecule has 0 aromatic heterocycles. The molecule has 0 N–H and O–H groups in total. The fourth-order valence-electron chi connectivity index (χ4n) is 2.19. The predicted molar refractivity (Wildman–Crippen MR) is 88.9 cm³/mol. The number of ether oxygens (including phenoxy) is 2. The Morgan fingerprint density at radius 3 is 2.20 bits per heavy atom. The minimum absolute atomic E-state index is 0.00125. The van der Waals surface area contributed by atoms with E-state index in [-0.39, 0.29) is 22.6 Å². The molecule has 3 aromatic carbocycles. The summed E-state index contributed by atoms with van der Waals surface area (Å²) in [7, 11) is 0. The van der Waals surface area contributed by atoms with Gasteiger partial charge in [-0.2, -0.15) is 10.5 Å². The number of hydrogen-bond donors (Lipinski definition) is 0. The normalized spacial score (nSPS) is 9.72. The Kier molecular flexibility index (Phi) is 4.60. The number of hydrogen-bond acceptors (Lipinski definition) is 4. The molecule has 0 spiro atoms. The number of rotatable bonds is 4. The maximum atomic E-state index is 14.0. The number of benzene rings is 3. The van der Waals surface area contributed by atoms with Gasteiger partial charge in [0.2, 0.25) is 0 Å². The molecule has 0 heterocycles. The maximum Gasteiger partial charge on any atom is 0.166 e. The van der Waals surface area contributed by atoms with Gasteiger partial charge in [0, 0.05) is 6.07 Å². The van der Waals surface area contributed by atoms with E-state index in [0.29, 0.717) is 11.5 Å². The Bertz CT molecular complexity index is 989. The van der Waals surface area contributed by atoms with E-state index in [0.717, 1.165) is 0 Å². The second-order valence-corrected chi connectivity index (χ2v) is 5.01. The Hall–Kier alpha value is -3.83. The van der Waals surface area contributed by atoms with E-state index >= 15 is 0 Å². The van der Waals surface area contributed by atoms with Gasteiger partial charge in [-0.05, 0) is 36.4 Å². The highest BCUT2D eigenvalue weighted by Crippen LogP contribution is 2.32. The Labute approximate surface area is 143 Å². The van der Waals surface area contributed by atoms with Gasteiger partial charge in [-0.1, -0.05) is 24.3 Å². The van der Waals surface area contributed by atoms with Crippen LogP contribution in [0.15, 0.2) is 66.7 Å². The average molecular weight is 330 g/mol. The Balaban J connectivity index is 1.91. The number of halogens is 1. The van der Waals surface area contributed by atoms with Crippen molar-refractivity contribution in [3.8, 4) is 35.1 Å². The largest absolute Gasteiger partial charge is 0.456 e. The highest BCUT2D eigenvalue weighted by molar-refractivity contribution is 5.55. The van der Waals surface area contributed by atoms with Crippen molar-refractivity contribution in [3.05, 3.63) is 83.7 Å². The maximum absolute atomic E-state index is 14.0. The zero-order valence-corrected chi connectivity index (χ0v) is 12.9. The molecule has 0 bridgehead atoms. The standard InChI is InChI=1S/C20H11FN2O2/c21-18-10-9-16(11-20(18)24-15-6-2-1-3-7-15)25-19-8-4-5-14(12-22)17(19)13-23/h1-11H.